The number of rotatable bonds is 2. The summed E-state index contributed by atoms with van der Waals surface area (Å²) >= 11 is 0. The molecule has 0 bridgehead atoms. The molecule has 0 radical (unpaired) electrons. The second-order valence-electron chi connectivity index (χ2n) is 3.55. The molecule has 0 heterocycles. The highest BCUT2D eigenvalue weighted by Gasteiger charge is 2.43. The van der Waals surface area contributed by atoms with Gasteiger partial charge in [0.15, 0.2) is 0 Å². The molecule has 4 nitrogen and oxygen atoms in total. The van der Waals surface area contributed by atoms with Crippen molar-refractivity contribution < 1.29 is 26.3 Å². The minimum atomic E-state index is -5.22. The summed E-state index contributed by atoms with van der Waals surface area (Å²) in [5.41, 5.74) is -2.96. The molecule has 0 saturated heterocycles. The third-order valence-electron chi connectivity index (χ3n) is 2.14. The van der Waals surface area contributed by atoms with Crippen LogP contribution < -0.4 is 5.43 Å². The van der Waals surface area contributed by atoms with Crippen LogP contribution >= 0.6 is 0 Å². The Morgan fingerprint density at radius 2 is 1.48 bits per heavy atom. The van der Waals surface area contributed by atoms with Gasteiger partial charge in [-0.15, -0.1) is 0 Å². The number of anilines is 1. The molecule has 0 aliphatic carbocycles. The van der Waals surface area contributed by atoms with Crippen LogP contribution in [0.1, 0.15) is 11.1 Å². The zero-order valence-corrected chi connectivity index (χ0v) is 9.84. The average Bonchev–Trinajstić information content (AvgIpc) is 2.37. The molecular weight excluding hydrogens is 302 g/mol. The Kier molecular flexibility index (Phi) is 4.43. The summed E-state index contributed by atoms with van der Waals surface area (Å²) in [5, 5.41) is 19.9. The maximum atomic E-state index is 12.6. The summed E-state index contributed by atoms with van der Waals surface area (Å²) in [7, 11) is 0. The summed E-state index contributed by atoms with van der Waals surface area (Å²) in [6.07, 6.45) is -10.4. The van der Waals surface area contributed by atoms with E-state index in [0.717, 1.165) is 0 Å². The lowest BCUT2D eigenvalue weighted by Gasteiger charge is -2.16. The summed E-state index contributed by atoms with van der Waals surface area (Å²) in [5.74, 6) is 0. The van der Waals surface area contributed by atoms with E-state index >= 15 is 0 Å². The van der Waals surface area contributed by atoms with E-state index in [1.165, 1.54) is 12.1 Å². The standard InChI is InChI=1S/C11H4F6N4/c12-10(13,14)8-2-1-6(3-9(8)11(15,16)17)20-21-7(4-18)5-19/h1-3,20H. The molecule has 0 aliphatic rings. The number of alkyl halides is 6. The first kappa shape index (κ1) is 16.3. The molecule has 1 rings (SSSR count). The van der Waals surface area contributed by atoms with Crippen LogP contribution in [0.15, 0.2) is 23.3 Å². The fourth-order valence-electron chi connectivity index (χ4n) is 1.29. The van der Waals surface area contributed by atoms with E-state index in [2.05, 4.69) is 5.10 Å². The van der Waals surface area contributed by atoms with E-state index in [1.807, 2.05) is 5.43 Å². The van der Waals surface area contributed by atoms with Gasteiger partial charge in [-0.2, -0.15) is 42.0 Å². The van der Waals surface area contributed by atoms with Gasteiger partial charge in [0.1, 0.15) is 12.1 Å². The molecule has 0 fully saturated rings. The highest BCUT2D eigenvalue weighted by molar-refractivity contribution is 6.10. The third kappa shape index (κ3) is 4.11. The van der Waals surface area contributed by atoms with E-state index in [4.69, 9.17) is 10.5 Å². The molecule has 21 heavy (non-hydrogen) atoms. The SMILES string of the molecule is N#CC(C#N)=NNc1ccc(C(F)(F)F)c(C(F)(F)F)c1. The lowest BCUT2D eigenvalue weighted by atomic mass is 10.1. The second kappa shape index (κ2) is 5.71. The smallest absolute Gasteiger partial charge is 0.276 e. The maximum absolute atomic E-state index is 12.6. The lowest BCUT2D eigenvalue weighted by Crippen LogP contribution is -2.16. The van der Waals surface area contributed by atoms with Gasteiger partial charge in [-0.25, -0.2) is 0 Å². The van der Waals surface area contributed by atoms with Crippen LogP contribution in [-0.2, 0) is 12.4 Å². The van der Waals surface area contributed by atoms with Crippen molar-refractivity contribution in [1.82, 2.24) is 0 Å². The van der Waals surface area contributed by atoms with E-state index in [9.17, 15) is 26.3 Å². The topological polar surface area (TPSA) is 72.0 Å². The molecule has 0 spiro atoms. The van der Waals surface area contributed by atoms with Crippen molar-refractivity contribution in [2.45, 2.75) is 12.4 Å². The Morgan fingerprint density at radius 3 is 1.90 bits per heavy atom. The first-order valence-corrected chi connectivity index (χ1v) is 5.02. The first-order chi connectivity index (χ1) is 9.59. The van der Waals surface area contributed by atoms with Gasteiger partial charge in [0.25, 0.3) is 0 Å². The molecule has 0 unspecified atom stereocenters. The number of halogens is 6. The number of nitrogens with one attached hydrogen (secondary N) is 1. The monoisotopic (exact) mass is 306 g/mol. The fourth-order valence-corrected chi connectivity index (χ4v) is 1.29. The van der Waals surface area contributed by atoms with Crippen LogP contribution in [0.4, 0.5) is 32.0 Å². The minimum absolute atomic E-state index is 0.193. The second-order valence-corrected chi connectivity index (χ2v) is 3.55. The predicted molar refractivity (Wildman–Crippen MR) is 58.7 cm³/mol. The maximum Gasteiger partial charge on any atom is 0.417 e. The van der Waals surface area contributed by atoms with Crippen molar-refractivity contribution in [2.75, 3.05) is 5.43 Å². The Labute approximate surface area is 113 Å². The number of nitrogens with zero attached hydrogens (tertiary/aromatic N) is 3. The van der Waals surface area contributed by atoms with Crippen LogP contribution in [0.3, 0.4) is 0 Å². The van der Waals surface area contributed by atoms with E-state index in [-0.39, 0.29) is 12.1 Å². The van der Waals surface area contributed by atoms with Gasteiger partial charge in [-0.1, -0.05) is 0 Å². The Hall–Kier alpha value is -2.75. The van der Waals surface area contributed by atoms with Crippen LogP contribution in [0.5, 0.6) is 0 Å². The number of hydrazone groups is 1. The highest BCUT2D eigenvalue weighted by atomic mass is 19.4. The van der Waals surface area contributed by atoms with E-state index in [0.29, 0.717) is 6.07 Å². The number of nitriles is 2. The van der Waals surface area contributed by atoms with Crippen molar-refractivity contribution in [2.24, 2.45) is 5.10 Å². The normalized spacial score (nSPS) is 11.2. The van der Waals surface area contributed by atoms with Crippen molar-refractivity contribution in [3.05, 3.63) is 29.3 Å². The summed E-state index contributed by atoms with van der Waals surface area (Å²) in [6.45, 7) is 0. The van der Waals surface area contributed by atoms with Gasteiger partial charge >= 0.3 is 12.4 Å². The van der Waals surface area contributed by atoms with Gasteiger partial charge in [0.2, 0.25) is 5.71 Å². The largest absolute Gasteiger partial charge is 0.417 e. The third-order valence-corrected chi connectivity index (χ3v) is 2.14. The summed E-state index contributed by atoms with van der Waals surface area (Å²) < 4.78 is 75.4. The van der Waals surface area contributed by atoms with Crippen molar-refractivity contribution >= 4 is 11.4 Å². The summed E-state index contributed by atoms with van der Waals surface area (Å²) in [4.78, 5) is 0. The molecule has 1 aromatic rings. The Bertz CT molecular complexity index is 629. The van der Waals surface area contributed by atoms with E-state index in [1.54, 1.807) is 0 Å². The van der Waals surface area contributed by atoms with Crippen LogP contribution in [0.2, 0.25) is 0 Å². The van der Waals surface area contributed by atoms with Crippen molar-refractivity contribution in [3.63, 3.8) is 0 Å². The quantitative estimate of drug-likeness (QED) is 0.516. The van der Waals surface area contributed by atoms with Crippen LogP contribution in [0.25, 0.3) is 0 Å². The van der Waals surface area contributed by atoms with Crippen molar-refractivity contribution in [1.29, 1.82) is 10.5 Å². The van der Waals surface area contributed by atoms with Gasteiger partial charge in [-0.3, -0.25) is 5.43 Å². The van der Waals surface area contributed by atoms with Gasteiger partial charge in [-0.05, 0) is 18.2 Å². The average molecular weight is 306 g/mol. The highest BCUT2D eigenvalue weighted by Crippen LogP contribution is 2.41. The molecular formula is C11H4F6N4. The lowest BCUT2D eigenvalue weighted by molar-refractivity contribution is -0.162. The molecule has 0 aromatic heterocycles. The zero-order chi connectivity index (χ0) is 16.3. The number of hydrogen-bond donors (Lipinski definition) is 1. The predicted octanol–water partition coefficient (Wildman–Crippen LogP) is 3.54. The molecule has 0 atom stereocenters. The van der Waals surface area contributed by atoms with Crippen LogP contribution in [-0.4, -0.2) is 5.71 Å². The zero-order valence-electron chi connectivity index (χ0n) is 9.84. The Morgan fingerprint density at radius 1 is 0.952 bits per heavy atom. The fraction of sp³-hybridized carbons (Fsp3) is 0.182. The van der Waals surface area contributed by atoms with E-state index < -0.39 is 34.9 Å². The Balaban J connectivity index is 3.28. The van der Waals surface area contributed by atoms with Gasteiger partial charge < -0.3 is 0 Å². The summed E-state index contributed by atoms with van der Waals surface area (Å²) in [6, 6.07) is 3.78. The molecule has 10 heteroatoms. The minimum Gasteiger partial charge on any atom is -0.276 e. The number of benzene rings is 1. The molecule has 0 aliphatic heterocycles. The van der Waals surface area contributed by atoms with Crippen molar-refractivity contribution in [3.8, 4) is 12.1 Å². The molecule has 1 N–H and O–H groups in total. The molecule has 110 valence electrons. The van der Waals surface area contributed by atoms with Crippen LogP contribution in [0, 0.1) is 22.7 Å². The van der Waals surface area contributed by atoms with Gasteiger partial charge in [0, 0.05) is 0 Å². The number of hydrogen-bond acceptors (Lipinski definition) is 4. The van der Waals surface area contributed by atoms with Gasteiger partial charge in [0.05, 0.1) is 16.8 Å². The molecule has 0 saturated carbocycles. The molecule has 0 amide bonds. The molecule has 1 aromatic carbocycles. The first-order valence-electron chi connectivity index (χ1n) is 5.02.